The number of fused-ring (bicyclic) bond motifs is 1. The van der Waals surface area contributed by atoms with Crippen molar-refractivity contribution in [3.8, 4) is 11.1 Å². The summed E-state index contributed by atoms with van der Waals surface area (Å²) in [6, 6.07) is 6.38. The van der Waals surface area contributed by atoms with Gasteiger partial charge in [-0.15, -0.1) is 0 Å². The number of carbonyl (C=O) groups excluding carboxylic acids is 3. The zero-order valence-corrected chi connectivity index (χ0v) is 17.5. The summed E-state index contributed by atoms with van der Waals surface area (Å²) >= 11 is 0. The van der Waals surface area contributed by atoms with Gasteiger partial charge in [-0.2, -0.15) is 0 Å². The van der Waals surface area contributed by atoms with E-state index in [1.54, 1.807) is 43.6 Å². The molecule has 8 nitrogen and oxygen atoms in total. The molecule has 0 atom stereocenters. The van der Waals surface area contributed by atoms with Crippen molar-refractivity contribution >= 4 is 53.1 Å². The van der Waals surface area contributed by atoms with Gasteiger partial charge in [0.15, 0.2) is 0 Å². The first-order chi connectivity index (χ1) is 12.4. The van der Waals surface area contributed by atoms with E-state index in [9.17, 15) is 14.4 Å². The van der Waals surface area contributed by atoms with Crippen LogP contribution in [0.3, 0.4) is 0 Å². The normalized spacial score (nSPS) is 10.0. The van der Waals surface area contributed by atoms with Crippen molar-refractivity contribution in [2.75, 3.05) is 18.9 Å². The summed E-state index contributed by atoms with van der Waals surface area (Å²) in [5.41, 5.74) is 9.17. The molecule has 9 heteroatoms. The number of carbonyl (C=O) groups is 3. The molecule has 1 amide bonds. The maximum Gasteiger partial charge on any atom is 0.340 e. The predicted octanol–water partition coefficient (Wildman–Crippen LogP) is 1.39. The molecule has 139 valence electrons. The van der Waals surface area contributed by atoms with Crippen LogP contribution in [0.25, 0.3) is 11.1 Å². The van der Waals surface area contributed by atoms with E-state index in [1.165, 1.54) is 0 Å². The van der Waals surface area contributed by atoms with Crippen LogP contribution in [-0.2, 0) is 20.7 Å². The van der Waals surface area contributed by atoms with Gasteiger partial charge in [0, 0.05) is 29.6 Å². The number of amides is 1. The monoisotopic (exact) mass is 383 g/mol. The second kappa shape index (κ2) is 10.3. The van der Waals surface area contributed by atoms with Gasteiger partial charge in [-0.3, -0.25) is 10.0 Å². The largest absolute Gasteiger partial charge is 0.462 e. The van der Waals surface area contributed by atoms with Gasteiger partial charge < -0.3 is 15.2 Å². The Bertz CT molecular complexity index is 768. The molecule has 0 fully saturated rings. The Morgan fingerprint density at radius 2 is 1.41 bits per heavy atom. The van der Waals surface area contributed by atoms with E-state index in [0.29, 0.717) is 16.7 Å². The van der Waals surface area contributed by atoms with E-state index >= 15 is 0 Å². The molecule has 0 heterocycles. The number of nitrogens with two attached hydrogens (primary N) is 1. The van der Waals surface area contributed by atoms with E-state index in [2.05, 4.69) is 0 Å². The number of rotatable bonds is 6. The molecule has 1 radical (unpaired) electrons. The van der Waals surface area contributed by atoms with E-state index < -0.39 is 17.8 Å². The minimum absolute atomic E-state index is 0. The van der Waals surface area contributed by atoms with E-state index in [4.69, 9.17) is 20.4 Å². The predicted molar refractivity (Wildman–Crippen MR) is 98.8 cm³/mol. The van der Waals surface area contributed by atoms with Crippen LogP contribution in [0.1, 0.15) is 40.1 Å². The standard InChI is InChI=1S/C18H20N2O6.Na/c1-3-25-17(22)14-11-7-5-10(9-13(21)20-24)6-8-12(11)15(16(14)19)18(23)26-4-2;/h5-8,24H,3-4,9,19H2,1-2H3,(H,20,21);. The van der Waals surface area contributed by atoms with E-state index in [1.807, 2.05) is 0 Å². The molecule has 0 aromatic carbocycles. The van der Waals surface area contributed by atoms with E-state index in [-0.39, 0.29) is 66.0 Å². The SMILES string of the molecule is CCOC(=O)c1c2ccc(CC(=O)NO)ccc-2c(C(=O)OCC)c1N.[Na]. The van der Waals surface area contributed by atoms with Crippen LogP contribution >= 0.6 is 0 Å². The van der Waals surface area contributed by atoms with Gasteiger partial charge in [0.1, 0.15) is 0 Å². The number of ether oxygens (including phenoxy) is 2. The van der Waals surface area contributed by atoms with Crippen molar-refractivity contribution in [3.05, 3.63) is 41.0 Å². The van der Waals surface area contributed by atoms with Crippen LogP contribution in [0, 0.1) is 0 Å². The number of anilines is 1. The molecule has 27 heavy (non-hydrogen) atoms. The Balaban J connectivity index is 0.00000364. The van der Waals surface area contributed by atoms with Crippen LogP contribution in [0.2, 0.25) is 0 Å². The van der Waals surface area contributed by atoms with Crippen molar-refractivity contribution in [1.82, 2.24) is 5.48 Å². The molecule has 0 spiro atoms. The van der Waals surface area contributed by atoms with Crippen LogP contribution < -0.4 is 11.2 Å². The first kappa shape index (κ1) is 22.9. The molecule has 0 aromatic rings. The third kappa shape index (κ3) is 4.98. The number of nitrogen functional groups attached to an aromatic ring is 1. The molecular weight excluding hydrogens is 363 g/mol. The minimum atomic E-state index is -0.647. The number of esters is 2. The van der Waals surface area contributed by atoms with Crippen LogP contribution in [0.5, 0.6) is 0 Å². The fourth-order valence-electron chi connectivity index (χ4n) is 2.66. The van der Waals surface area contributed by atoms with Crippen molar-refractivity contribution in [2.24, 2.45) is 0 Å². The fraction of sp³-hybridized carbons (Fsp3) is 0.278. The molecule has 2 aliphatic rings. The first-order valence-corrected chi connectivity index (χ1v) is 8.05. The van der Waals surface area contributed by atoms with Gasteiger partial charge in [0.25, 0.3) is 0 Å². The van der Waals surface area contributed by atoms with Crippen LogP contribution in [0.4, 0.5) is 5.69 Å². The minimum Gasteiger partial charge on any atom is -0.462 e. The Morgan fingerprint density at radius 1 is 0.963 bits per heavy atom. The number of hydroxylamine groups is 1. The summed E-state index contributed by atoms with van der Waals surface area (Å²) in [7, 11) is 0. The number of hydrogen-bond donors (Lipinski definition) is 3. The quantitative estimate of drug-likeness (QED) is 0.298. The molecular formula is C18H20N2NaO6. The first-order valence-electron chi connectivity index (χ1n) is 8.05. The maximum atomic E-state index is 12.3. The summed E-state index contributed by atoms with van der Waals surface area (Å²) in [4.78, 5) is 36.0. The molecule has 4 N–H and O–H groups in total. The summed E-state index contributed by atoms with van der Waals surface area (Å²) in [6.07, 6.45) is -0.0767. The van der Waals surface area contributed by atoms with Crippen molar-refractivity contribution in [2.45, 2.75) is 20.3 Å². The van der Waals surface area contributed by atoms with Crippen molar-refractivity contribution in [3.63, 3.8) is 0 Å². The van der Waals surface area contributed by atoms with Gasteiger partial charge >= 0.3 is 11.9 Å². The Labute approximate surface area is 178 Å². The molecule has 0 bridgehead atoms. The zero-order valence-electron chi connectivity index (χ0n) is 15.5. The zero-order chi connectivity index (χ0) is 19.3. The Hall–Kier alpha value is -2.13. The summed E-state index contributed by atoms with van der Waals surface area (Å²) in [5.74, 6) is -1.88. The summed E-state index contributed by atoms with van der Waals surface area (Å²) < 4.78 is 10.1. The third-order valence-corrected chi connectivity index (χ3v) is 3.74. The van der Waals surface area contributed by atoms with E-state index in [0.717, 1.165) is 0 Å². The fourth-order valence-corrected chi connectivity index (χ4v) is 2.66. The smallest absolute Gasteiger partial charge is 0.340 e. The van der Waals surface area contributed by atoms with Crippen LogP contribution in [-0.4, -0.2) is 65.8 Å². The maximum absolute atomic E-state index is 12.3. The molecule has 0 aliphatic heterocycles. The van der Waals surface area contributed by atoms with Crippen molar-refractivity contribution < 1.29 is 29.1 Å². The second-order valence-electron chi connectivity index (χ2n) is 5.39. The topological polar surface area (TPSA) is 128 Å². The number of nitrogens with one attached hydrogen (secondary N) is 1. The van der Waals surface area contributed by atoms with Crippen molar-refractivity contribution in [1.29, 1.82) is 0 Å². The number of hydrogen-bond acceptors (Lipinski definition) is 7. The second-order valence-corrected chi connectivity index (χ2v) is 5.39. The van der Waals surface area contributed by atoms with Crippen LogP contribution in [0.15, 0.2) is 24.3 Å². The molecule has 0 aromatic heterocycles. The Morgan fingerprint density at radius 3 is 1.78 bits per heavy atom. The van der Waals surface area contributed by atoms with Gasteiger partial charge in [0.2, 0.25) is 5.91 Å². The summed E-state index contributed by atoms with van der Waals surface area (Å²) in [6.45, 7) is 3.63. The summed E-state index contributed by atoms with van der Waals surface area (Å²) in [5, 5.41) is 8.66. The third-order valence-electron chi connectivity index (χ3n) is 3.74. The molecule has 0 saturated heterocycles. The Kier molecular flexibility index (Phi) is 8.71. The van der Waals surface area contributed by atoms with Gasteiger partial charge in [0.05, 0.1) is 36.4 Å². The molecule has 0 saturated carbocycles. The average molecular weight is 383 g/mol. The average Bonchev–Trinajstić information content (AvgIpc) is 2.74. The van der Waals surface area contributed by atoms with Gasteiger partial charge in [-0.05, 0) is 30.5 Å². The molecule has 2 rings (SSSR count). The molecule has 2 aliphatic carbocycles. The van der Waals surface area contributed by atoms with Gasteiger partial charge in [-0.25, -0.2) is 15.1 Å². The van der Waals surface area contributed by atoms with Gasteiger partial charge in [-0.1, -0.05) is 24.3 Å². The molecule has 0 unspecified atom stereocenters.